The Balaban J connectivity index is 1.60. The lowest BCUT2D eigenvalue weighted by Crippen LogP contribution is -2.42. The first kappa shape index (κ1) is 18.0. The summed E-state index contributed by atoms with van der Waals surface area (Å²) in [6, 6.07) is 15.1. The predicted octanol–water partition coefficient (Wildman–Crippen LogP) is 3.68. The second kappa shape index (κ2) is 7.71. The summed E-state index contributed by atoms with van der Waals surface area (Å²) in [6.07, 6.45) is 1.16. The molecule has 1 unspecified atom stereocenters. The molecule has 0 spiro atoms. The van der Waals surface area contributed by atoms with Gasteiger partial charge in [-0.3, -0.25) is 9.59 Å². The SMILES string of the molecule is O=C(c1ccc(Cl)cc1N1CCCC1=O)N1CCOC(c2ccccc2)C1. The van der Waals surface area contributed by atoms with E-state index in [9.17, 15) is 9.59 Å². The molecule has 5 nitrogen and oxygen atoms in total. The highest BCUT2D eigenvalue weighted by Crippen LogP contribution is 2.31. The van der Waals surface area contributed by atoms with Crippen LogP contribution in [0.15, 0.2) is 48.5 Å². The van der Waals surface area contributed by atoms with Crippen molar-refractivity contribution < 1.29 is 14.3 Å². The van der Waals surface area contributed by atoms with Crippen LogP contribution in [0.1, 0.15) is 34.9 Å². The molecule has 140 valence electrons. The average Bonchev–Trinajstić information content (AvgIpc) is 3.14. The Kier molecular flexibility index (Phi) is 5.14. The third-order valence-electron chi connectivity index (χ3n) is 5.08. The van der Waals surface area contributed by atoms with Crippen molar-refractivity contribution in [2.24, 2.45) is 0 Å². The lowest BCUT2D eigenvalue weighted by Gasteiger charge is -2.34. The number of nitrogens with zero attached hydrogens (tertiary/aromatic N) is 2. The number of ether oxygens (including phenoxy) is 1. The number of hydrogen-bond acceptors (Lipinski definition) is 3. The molecule has 27 heavy (non-hydrogen) atoms. The van der Waals surface area contributed by atoms with Crippen LogP contribution >= 0.6 is 11.6 Å². The predicted molar refractivity (Wildman–Crippen MR) is 104 cm³/mol. The van der Waals surface area contributed by atoms with Gasteiger partial charge < -0.3 is 14.5 Å². The molecule has 2 amide bonds. The van der Waals surface area contributed by atoms with E-state index in [4.69, 9.17) is 16.3 Å². The first-order valence-electron chi connectivity index (χ1n) is 9.19. The standard InChI is InChI=1S/C21H21ClN2O3/c22-16-8-9-17(18(13-16)24-10-4-7-20(24)25)21(26)23-11-12-27-19(14-23)15-5-2-1-3-6-15/h1-3,5-6,8-9,13,19H,4,7,10-12,14H2. The average molecular weight is 385 g/mol. The fourth-order valence-corrected chi connectivity index (χ4v) is 3.85. The number of anilines is 1. The lowest BCUT2D eigenvalue weighted by atomic mass is 10.1. The molecule has 2 aromatic carbocycles. The van der Waals surface area contributed by atoms with E-state index in [2.05, 4.69) is 0 Å². The number of carbonyl (C=O) groups is 2. The van der Waals surface area contributed by atoms with Gasteiger partial charge in [0.2, 0.25) is 5.91 Å². The Hall–Kier alpha value is -2.37. The van der Waals surface area contributed by atoms with Crippen molar-refractivity contribution in [3.8, 4) is 0 Å². The van der Waals surface area contributed by atoms with Crippen LogP contribution in [0.3, 0.4) is 0 Å². The van der Waals surface area contributed by atoms with Gasteiger partial charge in [-0.25, -0.2) is 0 Å². The monoisotopic (exact) mass is 384 g/mol. The summed E-state index contributed by atoms with van der Waals surface area (Å²) in [6.45, 7) is 2.11. The van der Waals surface area contributed by atoms with Crippen LogP contribution in [-0.4, -0.2) is 43.0 Å². The molecule has 1 atom stereocenters. The first-order chi connectivity index (χ1) is 13.1. The molecule has 4 rings (SSSR count). The van der Waals surface area contributed by atoms with E-state index in [1.807, 2.05) is 30.3 Å². The number of amides is 2. The lowest BCUT2D eigenvalue weighted by molar-refractivity contribution is -0.117. The summed E-state index contributed by atoms with van der Waals surface area (Å²) in [5.74, 6) is -0.0546. The largest absolute Gasteiger partial charge is 0.370 e. The van der Waals surface area contributed by atoms with Gasteiger partial charge in [0, 0.05) is 24.5 Å². The fourth-order valence-electron chi connectivity index (χ4n) is 3.69. The van der Waals surface area contributed by atoms with Gasteiger partial charge in [0.05, 0.1) is 24.4 Å². The van der Waals surface area contributed by atoms with Gasteiger partial charge in [0.15, 0.2) is 0 Å². The molecule has 0 N–H and O–H groups in total. The Morgan fingerprint density at radius 2 is 1.93 bits per heavy atom. The van der Waals surface area contributed by atoms with Gasteiger partial charge in [-0.15, -0.1) is 0 Å². The zero-order valence-corrected chi connectivity index (χ0v) is 15.7. The number of benzene rings is 2. The molecule has 0 bridgehead atoms. The van der Waals surface area contributed by atoms with Crippen LogP contribution in [0.2, 0.25) is 5.02 Å². The van der Waals surface area contributed by atoms with Crippen LogP contribution in [0.5, 0.6) is 0 Å². The van der Waals surface area contributed by atoms with E-state index in [1.54, 1.807) is 28.0 Å². The Labute approximate surface area is 163 Å². The molecule has 0 radical (unpaired) electrons. The molecular weight excluding hydrogens is 364 g/mol. The van der Waals surface area contributed by atoms with Crippen molar-refractivity contribution in [2.45, 2.75) is 18.9 Å². The van der Waals surface area contributed by atoms with Crippen molar-refractivity contribution >= 4 is 29.1 Å². The molecule has 0 aromatic heterocycles. The maximum atomic E-state index is 13.3. The van der Waals surface area contributed by atoms with Gasteiger partial charge in [-0.1, -0.05) is 41.9 Å². The molecule has 2 aliphatic heterocycles. The fraction of sp³-hybridized carbons (Fsp3) is 0.333. The first-order valence-corrected chi connectivity index (χ1v) is 9.57. The summed E-state index contributed by atoms with van der Waals surface area (Å²) in [7, 11) is 0. The maximum Gasteiger partial charge on any atom is 0.256 e. The number of carbonyl (C=O) groups excluding carboxylic acids is 2. The molecule has 2 fully saturated rings. The molecule has 2 saturated heterocycles. The number of halogens is 1. The van der Waals surface area contributed by atoms with Crippen molar-refractivity contribution in [1.82, 2.24) is 4.90 Å². The Morgan fingerprint density at radius 3 is 2.67 bits per heavy atom. The molecule has 2 aliphatic rings. The van der Waals surface area contributed by atoms with Gasteiger partial charge in [-0.05, 0) is 30.2 Å². The van der Waals surface area contributed by atoms with Gasteiger partial charge in [0.25, 0.3) is 5.91 Å². The van der Waals surface area contributed by atoms with Crippen LogP contribution in [-0.2, 0) is 9.53 Å². The minimum Gasteiger partial charge on any atom is -0.370 e. The van der Waals surface area contributed by atoms with Crippen LogP contribution in [0, 0.1) is 0 Å². The molecular formula is C21H21ClN2O3. The normalized spacial score (nSPS) is 20.2. The summed E-state index contributed by atoms with van der Waals surface area (Å²) < 4.78 is 5.87. The highest BCUT2D eigenvalue weighted by atomic mass is 35.5. The van der Waals surface area contributed by atoms with E-state index in [0.717, 1.165) is 12.0 Å². The van der Waals surface area contributed by atoms with Crippen LogP contribution in [0.25, 0.3) is 0 Å². The van der Waals surface area contributed by atoms with E-state index in [0.29, 0.717) is 48.9 Å². The maximum absolute atomic E-state index is 13.3. The zero-order chi connectivity index (χ0) is 18.8. The molecule has 2 aromatic rings. The van der Waals surface area contributed by atoms with Gasteiger partial charge >= 0.3 is 0 Å². The topological polar surface area (TPSA) is 49.9 Å². The minimum absolute atomic E-state index is 0.0375. The number of morpholine rings is 1. The molecule has 0 saturated carbocycles. The highest BCUT2D eigenvalue weighted by Gasteiger charge is 2.30. The summed E-state index contributed by atoms with van der Waals surface area (Å²) >= 11 is 6.15. The Bertz CT molecular complexity index is 856. The quantitative estimate of drug-likeness (QED) is 0.811. The molecule has 6 heteroatoms. The van der Waals surface area contributed by atoms with Crippen molar-refractivity contribution in [3.05, 3.63) is 64.7 Å². The van der Waals surface area contributed by atoms with Crippen molar-refractivity contribution in [1.29, 1.82) is 0 Å². The third kappa shape index (κ3) is 3.70. The summed E-state index contributed by atoms with van der Waals surface area (Å²) in [4.78, 5) is 28.9. The zero-order valence-electron chi connectivity index (χ0n) is 14.9. The van der Waals surface area contributed by atoms with E-state index in [1.165, 1.54) is 0 Å². The summed E-state index contributed by atoms with van der Waals surface area (Å²) in [5.41, 5.74) is 2.18. The van der Waals surface area contributed by atoms with Gasteiger partial charge in [-0.2, -0.15) is 0 Å². The minimum atomic E-state index is -0.145. The molecule has 0 aliphatic carbocycles. The van der Waals surface area contributed by atoms with E-state index >= 15 is 0 Å². The number of rotatable bonds is 3. The number of hydrogen-bond donors (Lipinski definition) is 0. The molecule has 2 heterocycles. The summed E-state index contributed by atoms with van der Waals surface area (Å²) in [5, 5.41) is 0.519. The van der Waals surface area contributed by atoms with Crippen LogP contribution < -0.4 is 4.90 Å². The highest BCUT2D eigenvalue weighted by molar-refractivity contribution is 6.31. The smallest absolute Gasteiger partial charge is 0.256 e. The van der Waals surface area contributed by atoms with Gasteiger partial charge in [0.1, 0.15) is 6.10 Å². The van der Waals surface area contributed by atoms with Crippen molar-refractivity contribution in [3.63, 3.8) is 0 Å². The Morgan fingerprint density at radius 1 is 1.11 bits per heavy atom. The van der Waals surface area contributed by atoms with E-state index in [-0.39, 0.29) is 17.9 Å². The van der Waals surface area contributed by atoms with Crippen LogP contribution in [0.4, 0.5) is 5.69 Å². The van der Waals surface area contributed by atoms with Crippen molar-refractivity contribution in [2.75, 3.05) is 31.1 Å². The second-order valence-corrected chi connectivity index (χ2v) is 7.27. The van der Waals surface area contributed by atoms with E-state index < -0.39 is 0 Å². The second-order valence-electron chi connectivity index (χ2n) is 6.83. The third-order valence-corrected chi connectivity index (χ3v) is 5.31.